The zero-order valence-corrected chi connectivity index (χ0v) is 10.8. The number of non-ortho nitro benzene ring substituents is 1. The maximum absolute atomic E-state index is 13.1. The zero-order chi connectivity index (χ0) is 15.6. The van der Waals surface area contributed by atoms with Gasteiger partial charge in [-0.25, -0.2) is 13.2 Å². The molecule has 0 aliphatic rings. The highest BCUT2D eigenvalue weighted by Gasteiger charge is 2.13. The zero-order valence-electron chi connectivity index (χ0n) is 10.8. The van der Waals surface area contributed by atoms with Crippen LogP contribution in [0.2, 0.25) is 0 Å². The molecule has 0 spiro atoms. The topological polar surface area (TPSA) is 67.2 Å². The number of nitrogens with one attached hydrogen (secondary N) is 2. The molecule has 0 fully saturated rings. The summed E-state index contributed by atoms with van der Waals surface area (Å²) in [7, 11) is 1.57. The largest absolute Gasteiger partial charge is 0.388 e. The Morgan fingerprint density at radius 1 is 0.952 bits per heavy atom. The first-order valence-electron chi connectivity index (χ1n) is 5.79. The van der Waals surface area contributed by atoms with E-state index >= 15 is 0 Å². The van der Waals surface area contributed by atoms with Crippen LogP contribution in [0.1, 0.15) is 0 Å². The molecule has 0 atom stereocenters. The summed E-state index contributed by atoms with van der Waals surface area (Å²) in [4.78, 5) is 10.2. The highest BCUT2D eigenvalue weighted by Crippen LogP contribution is 2.27. The van der Waals surface area contributed by atoms with Crippen molar-refractivity contribution < 1.29 is 18.1 Å². The normalized spacial score (nSPS) is 10.3. The molecule has 8 heteroatoms. The third-order valence-corrected chi connectivity index (χ3v) is 2.69. The summed E-state index contributed by atoms with van der Waals surface area (Å²) < 4.78 is 39.1. The smallest absolute Gasteiger partial charge is 0.273 e. The Hall–Kier alpha value is -2.77. The van der Waals surface area contributed by atoms with Crippen molar-refractivity contribution in [3.05, 3.63) is 57.9 Å². The first kappa shape index (κ1) is 14.6. The molecule has 2 aromatic rings. The van der Waals surface area contributed by atoms with E-state index in [1.54, 1.807) is 7.05 Å². The lowest BCUT2D eigenvalue weighted by Gasteiger charge is -2.09. The summed E-state index contributed by atoms with van der Waals surface area (Å²) in [5.41, 5.74) is 0.412. The summed E-state index contributed by atoms with van der Waals surface area (Å²) in [5.74, 6) is -4.27. The van der Waals surface area contributed by atoms with Gasteiger partial charge in [0, 0.05) is 48.4 Å². The summed E-state index contributed by atoms with van der Waals surface area (Å²) in [6.45, 7) is 0. The van der Waals surface area contributed by atoms with Crippen LogP contribution in [0.5, 0.6) is 0 Å². The molecule has 0 radical (unpaired) electrons. The average Bonchev–Trinajstić information content (AvgIpc) is 2.44. The van der Waals surface area contributed by atoms with Gasteiger partial charge >= 0.3 is 0 Å². The molecule has 2 N–H and O–H groups in total. The lowest BCUT2D eigenvalue weighted by molar-refractivity contribution is -0.384. The van der Waals surface area contributed by atoms with Crippen molar-refractivity contribution in [2.45, 2.75) is 0 Å². The van der Waals surface area contributed by atoms with E-state index < -0.39 is 22.4 Å². The van der Waals surface area contributed by atoms with Gasteiger partial charge in [-0.15, -0.1) is 0 Å². The molecule has 0 bridgehead atoms. The second-order valence-electron chi connectivity index (χ2n) is 4.15. The van der Waals surface area contributed by atoms with Gasteiger partial charge in [-0.3, -0.25) is 10.1 Å². The van der Waals surface area contributed by atoms with Crippen molar-refractivity contribution >= 4 is 22.7 Å². The maximum Gasteiger partial charge on any atom is 0.273 e. The molecule has 2 rings (SSSR count). The molecule has 0 heterocycles. The van der Waals surface area contributed by atoms with Gasteiger partial charge in [0.2, 0.25) is 0 Å². The molecule has 0 unspecified atom stereocenters. The van der Waals surface area contributed by atoms with Crippen LogP contribution >= 0.6 is 0 Å². The number of hydrogen-bond acceptors (Lipinski definition) is 4. The number of nitrogens with zero attached hydrogens (tertiary/aromatic N) is 1. The Balaban J connectivity index is 2.39. The third-order valence-electron chi connectivity index (χ3n) is 2.69. The standard InChI is InChI=1S/C13H10F3N3O2/c1-17-7-2-8(4-10(3-7)19(20)21)18-9-5-11(14)13(16)12(15)6-9/h2-6,17-18H,1H3. The second-order valence-corrected chi connectivity index (χ2v) is 4.15. The highest BCUT2D eigenvalue weighted by atomic mass is 19.2. The van der Waals surface area contributed by atoms with E-state index in [0.717, 1.165) is 12.1 Å². The molecule has 5 nitrogen and oxygen atoms in total. The number of halogens is 3. The van der Waals surface area contributed by atoms with E-state index in [0.29, 0.717) is 5.69 Å². The molecular formula is C13H10F3N3O2. The van der Waals surface area contributed by atoms with E-state index in [1.807, 2.05) is 0 Å². The van der Waals surface area contributed by atoms with Crippen LogP contribution in [0.25, 0.3) is 0 Å². The predicted octanol–water partition coefficient (Wildman–Crippen LogP) is 3.80. The van der Waals surface area contributed by atoms with Crippen molar-refractivity contribution in [2.24, 2.45) is 0 Å². The number of hydrogen-bond donors (Lipinski definition) is 2. The van der Waals surface area contributed by atoms with Crippen LogP contribution < -0.4 is 10.6 Å². The van der Waals surface area contributed by atoms with Crippen LogP contribution in [0.15, 0.2) is 30.3 Å². The van der Waals surface area contributed by atoms with Crippen molar-refractivity contribution in [3.8, 4) is 0 Å². The molecule has 110 valence electrons. The minimum atomic E-state index is -1.57. The molecule has 21 heavy (non-hydrogen) atoms. The number of anilines is 3. The van der Waals surface area contributed by atoms with Crippen LogP contribution in [-0.4, -0.2) is 12.0 Å². The maximum atomic E-state index is 13.1. The minimum absolute atomic E-state index is 0.0612. The third kappa shape index (κ3) is 3.22. The highest BCUT2D eigenvalue weighted by molar-refractivity contribution is 5.68. The fourth-order valence-corrected chi connectivity index (χ4v) is 1.73. The summed E-state index contributed by atoms with van der Waals surface area (Å²) in [5, 5.41) is 16.1. The fraction of sp³-hybridized carbons (Fsp3) is 0.0769. The Kier molecular flexibility index (Phi) is 3.97. The summed E-state index contributed by atoms with van der Waals surface area (Å²) >= 11 is 0. The van der Waals surface area contributed by atoms with Crippen LogP contribution in [-0.2, 0) is 0 Å². The number of nitro benzene ring substituents is 1. The lowest BCUT2D eigenvalue weighted by Crippen LogP contribution is -1.99. The molecule has 0 saturated heterocycles. The van der Waals surface area contributed by atoms with Gasteiger partial charge in [0.25, 0.3) is 5.69 Å². The molecule has 0 aliphatic heterocycles. The minimum Gasteiger partial charge on any atom is -0.388 e. The quantitative estimate of drug-likeness (QED) is 0.512. The summed E-state index contributed by atoms with van der Waals surface area (Å²) in [6, 6.07) is 5.52. The number of nitro groups is 1. The Morgan fingerprint density at radius 3 is 2.00 bits per heavy atom. The number of benzene rings is 2. The van der Waals surface area contributed by atoms with E-state index in [2.05, 4.69) is 10.6 Å². The SMILES string of the molecule is CNc1cc(Nc2cc(F)c(F)c(F)c2)cc([N+](=O)[O-])c1. The molecule has 0 aromatic heterocycles. The Morgan fingerprint density at radius 2 is 1.48 bits per heavy atom. The van der Waals surface area contributed by atoms with Crippen LogP contribution in [0.4, 0.5) is 35.9 Å². The molecule has 0 aliphatic carbocycles. The first-order chi connectivity index (χ1) is 9.90. The van der Waals surface area contributed by atoms with Gasteiger partial charge in [-0.1, -0.05) is 0 Å². The van der Waals surface area contributed by atoms with Gasteiger partial charge in [-0.2, -0.15) is 0 Å². The molecule has 0 saturated carbocycles. The molecule has 0 amide bonds. The van der Waals surface area contributed by atoms with E-state index in [1.165, 1.54) is 18.2 Å². The Labute approximate surface area is 117 Å². The average molecular weight is 297 g/mol. The van der Waals surface area contributed by atoms with Crippen molar-refractivity contribution in [2.75, 3.05) is 17.7 Å². The lowest BCUT2D eigenvalue weighted by atomic mass is 10.2. The fourth-order valence-electron chi connectivity index (χ4n) is 1.73. The van der Waals surface area contributed by atoms with Gasteiger partial charge < -0.3 is 10.6 Å². The predicted molar refractivity (Wildman–Crippen MR) is 72.2 cm³/mol. The van der Waals surface area contributed by atoms with E-state index in [4.69, 9.17) is 0 Å². The van der Waals surface area contributed by atoms with Crippen LogP contribution in [0, 0.1) is 27.6 Å². The van der Waals surface area contributed by atoms with Crippen molar-refractivity contribution in [1.82, 2.24) is 0 Å². The first-order valence-corrected chi connectivity index (χ1v) is 5.79. The van der Waals surface area contributed by atoms with Crippen molar-refractivity contribution in [1.29, 1.82) is 0 Å². The number of rotatable bonds is 4. The van der Waals surface area contributed by atoms with Gasteiger partial charge in [-0.05, 0) is 6.07 Å². The second kappa shape index (κ2) is 5.70. The van der Waals surface area contributed by atoms with E-state index in [9.17, 15) is 23.3 Å². The van der Waals surface area contributed by atoms with Gasteiger partial charge in [0.1, 0.15) is 0 Å². The Bertz CT molecular complexity index is 684. The van der Waals surface area contributed by atoms with Gasteiger partial charge in [0.15, 0.2) is 17.5 Å². The van der Waals surface area contributed by atoms with E-state index in [-0.39, 0.29) is 17.1 Å². The monoisotopic (exact) mass is 297 g/mol. The van der Waals surface area contributed by atoms with Crippen molar-refractivity contribution in [3.63, 3.8) is 0 Å². The van der Waals surface area contributed by atoms with Gasteiger partial charge in [0.05, 0.1) is 4.92 Å². The molecular weight excluding hydrogens is 287 g/mol. The summed E-state index contributed by atoms with van der Waals surface area (Å²) in [6.07, 6.45) is 0. The van der Waals surface area contributed by atoms with Crippen LogP contribution in [0.3, 0.4) is 0 Å². The molecule has 2 aromatic carbocycles.